The molecule has 0 radical (unpaired) electrons. The van der Waals surface area contributed by atoms with Crippen molar-refractivity contribution in [3.05, 3.63) is 108 Å². The number of nitrogens with zero attached hydrogens (tertiary/aromatic N) is 4. The molecular weight excluding hydrogens is 562 g/mol. The maximum absolute atomic E-state index is 14.5. The van der Waals surface area contributed by atoms with E-state index in [0.29, 0.717) is 18.0 Å². The summed E-state index contributed by atoms with van der Waals surface area (Å²) in [5.41, 5.74) is 1.58. The van der Waals surface area contributed by atoms with Crippen molar-refractivity contribution >= 4 is 28.7 Å². The van der Waals surface area contributed by atoms with Crippen molar-refractivity contribution in [1.29, 1.82) is 0 Å². The third-order valence-corrected chi connectivity index (χ3v) is 6.73. The molecule has 228 valence electrons. The Morgan fingerprint density at radius 2 is 1.23 bits per heavy atom. The molecule has 0 fully saturated rings. The highest BCUT2D eigenvalue weighted by atomic mass is 19.1. The van der Waals surface area contributed by atoms with Crippen molar-refractivity contribution in [3.8, 4) is 11.5 Å². The lowest BCUT2D eigenvalue weighted by Gasteiger charge is -2.06. The largest absolute Gasteiger partial charge is 0.494 e. The highest BCUT2D eigenvalue weighted by molar-refractivity contribution is 5.91. The summed E-state index contributed by atoms with van der Waals surface area (Å²) >= 11 is 0. The molecule has 0 atom stereocenters. The number of unbranched alkanes of at least 4 members (excludes halogenated alkanes) is 7. The van der Waals surface area contributed by atoms with E-state index < -0.39 is 17.6 Å². The summed E-state index contributed by atoms with van der Waals surface area (Å²) in [4.78, 5) is 12.6. The van der Waals surface area contributed by atoms with Crippen molar-refractivity contribution in [2.45, 2.75) is 58.3 Å². The van der Waals surface area contributed by atoms with Gasteiger partial charge in [-0.05, 0) is 79.2 Å². The van der Waals surface area contributed by atoms with Gasteiger partial charge in [0.05, 0.1) is 29.2 Å². The summed E-state index contributed by atoms with van der Waals surface area (Å²) in [5.74, 6) is -1.56. The highest BCUT2D eigenvalue weighted by Crippen LogP contribution is 2.27. The second-order valence-corrected chi connectivity index (χ2v) is 10.2. The lowest BCUT2D eigenvalue weighted by Crippen LogP contribution is -2.09. The summed E-state index contributed by atoms with van der Waals surface area (Å²) in [7, 11) is 0. The van der Waals surface area contributed by atoms with E-state index in [1.54, 1.807) is 18.2 Å². The zero-order valence-corrected chi connectivity index (χ0v) is 24.8. The molecule has 0 aliphatic rings. The van der Waals surface area contributed by atoms with Gasteiger partial charge in [0.1, 0.15) is 11.4 Å². The van der Waals surface area contributed by atoms with Gasteiger partial charge >= 0.3 is 5.97 Å². The van der Waals surface area contributed by atoms with Crippen LogP contribution in [0.25, 0.3) is 0 Å². The molecule has 4 aromatic carbocycles. The number of hydrogen-bond donors (Lipinski definition) is 0. The Kier molecular flexibility index (Phi) is 12.7. The topological polar surface area (TPSA) is 85.0 Å². The van der Waals surface area contributed by atoms with Crippen LogP contribution in [0.1, 0.15) is 68.6 Å². The maximum Gasteiger partial charge on any atom is 0.343 e. The summed E-state index contributed by atoms with van der Waals surface area (Å²) in [5, 5.41) is 16.1. The van der Waals surface area contributed by atoms with Crippen LogP contribution in [-0.4, -0.2) is 12.6 Å². The van der Waals surface area contributed by atoms with Crippen LogP contribution in [0, 0.1) is 11.6 Å². The van der Waals surface area contributed by atoms with Gasteiger partial charge in [-0.3, -0.25) is 0 Å². The highest BCUT2D eigenvalue weighted by Gasteiger charge is 2.13. The minimum Gasteiger partial charge on any atom is -0.494 e. The quantitative estimate of drug-likeness (QED) is 0.0556. The first-order valence-corrected chi connectivity index (χ1v) is 14.9. The Bertz CT molecular complexity index is 1540. The molecule has 9 heteroatoms. The van der Waals surface area contributed by atoms with Crippen molar-refractivity contribution < 1.29 is 23.0 Å². The van der Waals surface area contributed by atoms with Gasteiger partial charge in [0.15, 0.2) is 17.4 Å². The molecule has 0 N–H and O–H groups in total. The van der Waals surface area contributed by atoms with E-state index in [2.05, 4.69) is 27.4 Å². The van der Waals surface area contributed by atoms with Crippen molar-refractivity contribution in [1.82, 2.24) is 0 Å². The Balaban J connectivity index is 1.22. The number of benzene rings is 4. The minimum atomic E-state index is -0.807. The molecule has 0 saturated heterocycles. The summed E-state index contributed by atoms with van der Waals surface area (Å²) in [6, 6.07) is 23.2. The second-order valence-electron chi connectivity index (χ2n) is 10.2. The number of carbonyl (C=O) groups excluding carboxylic acids is 1. The number of hydrogen-bond acceptors (Lipinski definition) is 7. The number of esters is 1. The standard InChI is InChI=1S/C35H36F2N4O3/c1-2-3-4-5-6-7-8-11-24-43-30-21-18-28(19-22-30)39-38-27-16-14-26(15-17-27)35(42)44-34-23-20-29(25-32(34)37)40-41-33-13-10-9-12-31(33)36/h9-10,12-23,25H,2-8,11,24H2,1H3. The van der Waals surface area contributed by atoms with E-state index in [-0.39, 0.29) is 22.7 Å². The van der Waals surface area contributed by atoms with Crippen LogP contribution in [0.5, 0.6) is 11.5 Å². The van der Waals surface area contributed by atoms with E-state index in [0.717, 1.165) is 18.2 Å². The van der Waals surface area contributed by atoms with E-state index in [4.69, 9.17) is 9.47 Å². The zero-order valence-electron chi connectivity index (χ0n) is 24.8. The predicted octanol–water partition coefficient (Wildman–Crippen LogP) is 11.5. The van der Waals surface area contributed by atoms with Crippen molar-refractivity contribution in [2.75, 3.05) is 6.61 Å². The van der Waals surface area contributed by atoms with Crippen LogP contribution in [-0.2, 0) is 0 Å². The normalized spacial score (nSPS) is 11.3. The molecule has 0 aromatic heterocycles. The van der Waals surface area contributed by atoms with Crippen molar-refractivity contribution in [3.63, 3.8) is 0 Å². The fourth-order valence-corrected chi connectivity index (χ4v) is 4.25. The Labute approximate surface area is 256 Å². The fourth-order valence-electron chi connectivity index (χ4n) is 4.25. The van der Waals surface area contributed by atoms with Crippen LogP contribution in [0.3, 0.4) is 0 Å². The Morgan fingerprint density at radius 3 is 1.89 bits per heavy atom. The fraction of sp³-hybridized carbons (Fsp3) is 0.286. The number of ether oxygens (including phenoxy) is 2. The van der Waals surface area contributed by atoms with Gasteiger partial charge in [0, 0.05) is 6.07 Å². The molecule has 0 unspecified atom stereocenters. The van der Waals surface area contributed by atoms with Gasteiger partial charge in [-0.1, -0.05) is 64.0 Å². The molecule has 44 heavy (non-hydrogen) atoms. The molecular formula is C35H36F2N4O3. The first kappa shape index (κ1) is 32.1. The van der Waals surface area contributed by atoms with Gasteiger partial charge in [-0.15, -0.1) is 5.11 Å². The van der Waals surface area contributed by atoms with Crippen LogP contribution in [0.15, 0.2) is 111 Å². The van der Waals surface area contributed by atoms with Gasteiger partial charge < -0.3 is 9.47 Å². The van der Waals surface area contributed by atoms with Crippen molar-refractivity contribution in [2.24, 2.45) is 20.5 Å². The third kappa shape index (κ3) is 10.5. The molecule has 0 bridgehead atoms. The summed E-state index contributed by atoms with van der Waals surface area (Å²) in [6.07, 6.45) is 10.1. The average Bonchev–Trinajstić information content (AvgIpc) is 3.04. The van der Waals surface area contributed by atoms with Crippen LogP contribution in [0.4, 0.5) is 31.5 Å². The van der Waals surface area contributed by atoms with E-state index in [1.807, 2.05) is 24.3 Å². The molecule has 7 nitrogen and oxygen atoms in total. The van der Waals surface area contributed by atoms with Crippen LogP contribution in [0.2, 0.25) is 0 Å². The SMILES string of the molecule is CCCCCCCCCCOc1ccc(N=Nc2ccc(C(=O)Oc3ccc(N=Nc4ccccc4F)cc3F)cc2)cc1. The first-order valence-electron chi connectivity index (χ1n) is 14.9. The second kappa shape index (κ2) is 17.4. The number of carbonyl (C=O) groups is 1. The molecule has 4 aromatic rings. The molecule has 0 amide bonds. The lowest BCUT2D eigenvalue weighted by atomic mass is 10.1. The van der Waals surface area contributed by atoms with E-state index in [9.17, 15) is 13.6 Å². The number of rotatable bonds is 16. The van der Waals surface area contributed by atoms with Gasteiger partial charge in [0.25, 0.3) is 0 Å². The maximum atomic E-state index is 14.5. The zero-order chi connectivity index (χ0) is 31.0. The van der Waals surface area contributed by atoms with E-state index >= 15 is 0 Å². The van der Waals surface area contributed by atoms with Crippen LogP contribution < -0.4 is 9.47 Å². The Hall–Kier alpha value is -4.79. The lowest BCUT2D eigenvalue weighted by molar-refractivity contribution is 0.0728. The van der Waals surface area contributed by atoms with Gasteiger partial charge in [-0.2, -0.15) is 15.3 Å². The summed E-state index contributed by atoms with van der Waals surface area (Å²) in [6.45, 7) is 2.93. The predicted molar refractivity (Wildman–Crippen MR) is 167 cm³/mol. The van der Waals surface area contributed by atoms with E-state index in [1.165, 1.54) is 87.4 Å². The van der Waals surface area contributed by atoms with Gasteiger partial charge in [-0.25, -0.2) is 13.6 Å². The summed E-state index contributed by atoms with van der Waals surface area (Å²) < 4.78 is 39.3. The van der Waals surface area contributed by atoms with Gasteiger partial charge in [0.2, 0.25) is 0 Å². The first-order chi connectivity index (χ1) is 21.5. The third-order valence-electron chi connectivity index (χ3n) is 6.73. The smallest absolute Gasteiger partial charge is 0.343 e. The van der Waals surface area contributed by atoms with Crippen LogP contribution >= 0.6 is 0 Å². The average molecular weight is 599 g/mol. The Morgan fingerprint density at radius 1 is 0.636 bits per heavy atom. The molecule has 0 aliphatic carbocycles. The number of halogens is 2. The molecule has 0 saturated carbocycles. The molecule has 4 rings (SSSR count). The molecule has 0 aliphatic heterocycles. The monoisotopic (exact) mass is 598 g/mol. The minimum absolute atomic E-state index is 0.0264. The molecule has 0 spiro atoms. The number of azo groups is 2. The molecule has 0 heterocycles.